The van der Waals surface area contributed by atoms with Crippen LogP contribution >= 0.6 is 0 Å². The van der Waals surface area contributed by atoms with Crippen molar-refractivity contribution in [2.24, 2.45) is 0 Å². The van der Waals surface area contributed by atoms with Crippen LogP contribution in [0.4, 0.5) is 4.79 Å². The van der Waals surface area contributed by atoms with Gasteiger partial charge in [-0.1, -0.05) is 30.7 Å². The first-order chi connectivity index (χ1) is 13.1. The number of fused-ring (bicyclic) bond motifs is 2. The summed E-state index contributed by atoms with van der Waals surface area (Å²) in [5.41, 5.74) is 2.06. The van der Waals surface area contributed by atoms with Gasteiger partial charge in [-0.15, -0.1) is 0 Å². The van der Waals surface area contributed by atoms with Crippen LogP contribution in [0.25, 0.3) is 0 Å². The van der Waals surface area contributed by atoms with Gasteiger partial charge in [0.05, 0.1) is 0 Å². The molecule has 1 aromatic carbocycles. The van der Waals surface area contributed by atoms with E-state index in [2.05, 4.69) is 11.0 Å². The second kappa shape index (κ2) is 7.63. The van der Waals surface area contributed by atoms with Gasteiger partial charge in [0.25, 0.3) is 0 Å². The van der Waals surface area contributed by atoms with E-state index in [9.17, 15) is 9.59 Å². The van der Waals surface area contributed by atoms with Gasteiger partial charge in [0.2, 0.25) is 0 Å². The minimum atomic E-state index is -0.0448. The maximum absolute atomic E-state index is 12.9. The second-order valence-electron chi connectivity index (χ2n) is 8.52. The number of hydrogen-bond donors (Lipinski definition) is 0. The molecule has 27 heavy (non-hydrogen) atoms. The van der Waals surface area contributed by atoms with Crippen molar-refractivity contribution in [3.8, 4) is 0 Å². The first-order valence-corrected chi connectivity index (χ1v) is 10.4. The molecule has 0 atom stereocenters. The predicted octanol–water partition coefficient (Wildman–Crippen LogP) is 3.14. The normalized spacial score (nSPS) is 22.1. The van der Waals surface area contributed by atoms with Crippen molar-refractivity contribution in [1.29, 1.82) is 0 Å². The zero-order chi connectivity index (χ0) is 18.9. The highest BCUT2D eigenvalue weighted by Gasteiger charge is 2.45. The Kier molecular flexibility index (Phi) is 5.22. The molecule has 2 saturated heterocycles. The van der Waals surface area contributed by atoms with Crippen molar-refractivity contribution in [1.82, 2.24) is 14.7 Å². The average Bonchev–Trinajstić information content (AvgIpc) is 2.99. The number of amides is 2. The number of likely N-dealkylation sites (tertiary alicyclic amines) is 2. The van der Waals surface area contributed by atoms with Gasteiger partial charge in [0.1, 0.15) is 0 Å². The van der Waals surface area contributed by atoms with E-state index in [1.165, 1.54) is 37.9 Å². The summed E-state index contributed by atoms with van der Waals surface area (Å²) in [6.45, 7) is 5.59. The molecule has 5 heteroatoms. The van der Waals surface area contributed by atoms with Crippen molar-refractivity contribution in [2.75, 3.05) is 46.3 Å². The molecule has 146 valence electrons. The number of ketones is 1. The number of Topliss-reactive ketones (excluding diaryl/α,β-unsaturated/α-hetero) is 1. The maximum Gasteiger partial charge on any atom is 0.319 e. The number of likely N-dealkylation sites (N-methyl/N-ethyl adjacent to an activating group) is 1. The molecule has 1 aromatic rings. The molecule has 3 aliphatic rings. The lowest BCUT2D eigenvalue weighted by Gasteiger charge is -2.41. The predicted molar refractivity (Wildman–Crippen MR) is 106 cm³/mol. The van der Waals surface area contributed by atoms with Crippen molar-refractivity contribution in [3.05, 3.63) is 35.4 Å². The van der Waals surface area contributed by atoms with Crippen LogP contribution in [0.5, 0.6) is 0 Å². The highest BCUT2D eigenvalue weighted by Crippen LogP contribution is 2.46. The number of piperidine rings is 2. The van der Waals surface area contributed by atoms with E-state index in [4.69, 9.17) is 0 Å². The molecule has 1 aliphatic carbocycles. The zero-order valence-corrected chi connectivity index (χ0v) is 16.5. The number of carbonyl (C=O) groups is 2. The molecule has 0 saturated carbocycles. The molecule has 0 bridgehead atoms. The second-order valence-corrected chi connectivity index (χ2v) is 8.52. The number of rotatable bonds is 3. The molecule has 4 rings (SSSR count). The van der Waals surface area contributed by atoms with E-state index >= 15 is 0 Å². The molecule has 2 heterocycles. The molecular formula is C22H31N3O2. The first-order valence-electron chi connectivity index (χ1n) is 10.4. The van der Waals surface area contributed by atoms with Crippen molar-refractivity contribution >= 4 is 11.8 Å². The summed E-state index contributed by atoms with van der Waals surface area (Å²) in [6.07, 6.45) is 6.30. The van der Waals surface area contributed by atoms with Crippen molar-refractivity contribution in [2.45, 2.75) is 43.9 Å². The van der Waals surface area contributed by atoms with Crippen LogP contribution in [0.3, 0.4) is 0 Å². The zero-order valence-electron chi connectivity index (χ0n) is 16.5. The Morgan fingerprint density at radius 1 is 1.07 bits per heavy atom. The van der Waals surface area contributed by atoms with Crippen LogP contribution in [-0.2, 0) is 5.41 Å². The summed E-state index contributed by atoms with van der Waals surface area (Å²) in [5, 5.41) is 0. The fourth-order valence-electron chi connectivity index (χ4n) is 5.07. The van der Waals surface area contributed by atoms with E-state index < -0.39 is 0 Å². The van der Waals surface area contributed by atoms with Gasteiger partial charge in [0.15, 0.2) is 5.78 Å². The molecule has 1 spiro atoms. The minimum Gasteiger partial charge on any atom is -0.326 e. The van der Waals surface area contributed by atoms with Crippen LogP contribution in [0.1, 0.15) is 54.4 Å². The Morgan fingerprint density at radius 2 is 1.78 bits per heavy atom. The summed E-state index contributed by atoms with van der Waals surface area (Å²) in [6, 6.07) is 8.19. The van der Waals surface area contributed by atoms with Gasteiger partial charge >= 0.3 is 6.03 Å². The van der Waals surface area contributed by atoms with Crippen LogP contribution in [0.15, 0.2) is 24.3 Å². The third kappa shape index (κ3) is 3.62. The number of hydrogen-bond acceptors (Lipinski definition) is 3. The molecule has 2 aliphatic heterocycles. The quantitative estimate of drug-likeness (QED) is 0.822. The fraction of sp³-hybridized carbons (Fsp3) is 0.636. The molecule has 2 amide bonds. The lowest BCUT2D eigenvalue weighted by Crippen LogP contribution is -2.50. The highest BCUT2D eigenvalue weighted by molar-refractivity contribution is 6.02. The molecule has 0 N–H and O–H groups in total. The minimum absolute atomic E-state index is 0.0448. The Labute approximate surface area is 162 Å². The van der Waals surface area contributed by atoms with Gasteiger partial charge in [-0.3, -0.25) is 4.79 Å². The molecule has 0 aromatic heterocycles. The summed E-state index contributed by atoms with van der Waals surface area (Å²) < 4.78 is 0. The summed E-state index contributed by atoms with van der Waals surface area (Å²) >= 11 is 0. The number of nitrogens with zero attached hydrogens (tertiary/aromatic N) is 3. The van der Waals surface area contributed by atoms with E-state index in [-0.39, 0.29) is 17.2 Å². The van der Waals surface area contributed by atoms with E-state index in [0.29, 0.717) is 6.42 Å². The molecular weight excluding hydrogens is 338 g/mol. The lowest BCUT2D eigenvalue weighted by molar-refractivity contribution is 0.0934. The number of benzene rings is 1. The molecule has 5 nitrogen and oxygen atoms in total. The van der Waals surface area contributed by atoms with Gasteiger partial charge in [-0.2, -0.15) is 0 Å². The Morgan fingerprint density at radius 3 is 2.52 bits per heavy atom. The highest BCUT2D eigenvalue weighted by atomic mass is 16.2. The molecule has 0 unspecified atom stereocenters. The van der Waals surface area contributed by atoms with E-state index in [1.54, 1.807) is 0 Å². The summed E-state index contributed by atoms with van der Waals surface area (Å²) in [5.74, 6) is 0.268. The Hall–Kier alpha value is -1.88. The maximum atomic E-state index is 12.9. The van der Waals surface area contributed by atoms with Crippen LogP contribution < -0.4 is 0 Å². The van der Waals surface area contributed by atoms with Gasteiger partial charge in [0, 0.05) is 50.6 Å². The van der Waals surface area contributed by atoms with Gasteiger partial charge < -0.3 is 14.7 Å². The summed E-state index contributed by atoms with van der Waals surface area (Å²) in [4.78, 5) is 31.6. The largest absolute Gasteiger partial charge is 0.326 e. The van der Waals surface area contributed by atoms with Crippen LogP contribution in [0.2, 0.25) is 0 Å². The topological polar surface area (TPSA) is 43.9 Å². The smallest absolute Gasteiger partial charge is 0.319 e. The standard InChI is InChI=1S/C22H31N3O2/c1-23(15-16-24-11-5-2-6-12-24)21(27)25-13-9-22(10-14-25)17-20(26)18-7-3-4-8-19(18)22/h3-4,7-8H,2,5-6,9-17H2,1H3. The lowest BCUT2D eigenvalue weighted by atomic mass is 9.74. The monoisotopic (exact) mass is 369 g/mol. The van der Waals surface area contributed by atoms with Crippen LogP contribution in [-0.4, -0.2) is 72.8 Å². The average molecular weight is 370 g/mol. The van der Waals surface area contributed by atoms with Gasteiger partial charge in [-0.05, 0) is 44.3 Å². The Balaban J connectivity index is 1.32. The molecule has 0 radical (unpaired) electrons. The first kappa shape index (κ1) is 18.5. The third-order valence-electron chi connectivity index (χ3n) is 6.82. The van der Waals surface area contributed by atoms with Crippen LogP contribution in [0, 0.1) is 0 Å². The Bertz CT molecular complexity index is 703. The van der Waals surface area contributed by atoms with Crippen molar-refractivity contribution < 1.29 is 9.59 Å². The number of urea groups is 1. The molecule has 2 fully saturated rings. The number of carbonyl (C=O) groups excluding carboxylic acids is 2. The van der Waals surface area contributed by atoms with E-state index in [0.717, 1.165) is 44.6 Å². The van der Waals surface area contributed by atoms with Crippen molar-refractivity contribution in [3.63, 3.8) is 0 Å². The van der Waals surface area contributed by atoms with Gasteiger partial charge in [-0.25, -0.2) is 4.79 Å². The third-order valence-corrected chi connectivity index (χ3v) is 6.82. The fourth-order valence-corrected chi connectivity index (χ4v) is 5.07. The van der Waals surface area contributed by atoms with E-state index in [1.807, 2.05) is 35.0 Å². The SMILES string of the molecule is CN(CCN1CCCCC1)C(=O)N1CCC2(CC1)CC(=O)c1ccccc12. The summed E-state index contributed by atoms with van der Waals surface area (Å²) in [7, 11) is 1.92.